The van der Waals surface area contributed by atoms with Crippen LogP contribution in [-0.4, -0.2) is 77.0 Å². The third-order valence-electron chi connectivity index (χ3n) is 3.37. The number of hydrogen-bond donors (Lipinski definition) is 4. The van der Waals surface area contributed by atoms with E-state index in [-0.39, 0.29) is 13.0 Å². The number of nitrogens with zero attached hydrogens (tertiary/aromatic N) is 1. The SMILES string of the molecule is CO[C@@]1(F)C(N2CCC(O)NC2=O)O[C@H](CO)[C@H]1O. The Bertz CT molecular complexity index is 359. The van der Waals surface area contributed by atoms with Gasteiger partial charge < -0.3 is 30.1 Å². The Morgan fingerprint density at radius 3 is 2.84 bits per heavy atom. The van der Waals surface area contributed by atoms with E-state index in [0.29, 0.717) is 0 Å². The number of carbonyl (C=O) groups is 1. The quantitative estimate of drug-likeness (QED) is 0.481. The minimum Gasteiger partial charge on any atom is -0.394 e. The highest BCUT2D eigenvalue weighted by molar-refractivity contribution is 5.75. The number of urea groups is 1. The predicted molar refractivity (Wildman–Crippen MR) is 58.5 cm³/mol. The van der Waals surface area contributed by atoms with Crippen LogP contribution < -0.4 is 5.32 Å². The average Bonchev–Trinajstić information content (AvgIpc) is 2.63. The van der Waals surface area contributed by atoms with E-state index >= 15 is 0 Å². The van der Waals surface area contributed by atoms with E-state index in [1.54, 1.807) is 0 Å². The molecule has 2 heterocycles. The Kier molecular flexibility index (Phi) is 3.92. The molecule has 2 unspecified atom stereocenters. The van der Waals surface area contributed by atoms with Crippen LogP contribution in [0.25, 0.3) is 0 Å². The molecule has 19 heavy (non-hydrogen) atoms. The zero-order valence-corrected chi connectivity index (χ0v) is 10.3. The second kappa shape index (κ2) is 5.17. The molecule has 2 aliphatic rings. The molecule has 0 aromatic heterocycles. The van der Waals surface area contributed by atoms with Gasteiger partial charge in [-0.1, -0.05) is 0 Å². The third kappa shape index (κ3) is 2.28. The number of halogens is 1. The zero-order chi connectivity index (χ0) is 14.2. The topological polar surface area (TPSA) is 111 Å². The first-order valence-electron chi connectivity index (χ1n) is 5.87. The Morgan fingerprint density at radius 2 is 2.32 bits per heavy atom. The molecule has 9 heteroatoms. The van der Waals surface area contributed by atoms with E-state index in [0.717, 1.165) is 12.0 Å². The Hall–Kier alpha value is -1.00. The maximum absolute atomic E-state index is 14.6. The summed E-state index contributed by atoms with van der Waals surface area (Å²) in [5.74, 6) is -2.63. The Morgan fingerprint density at radius 1 is 1.63 bits per heavy atom. The van der Waals surface area contributed by atoms with Gasteiger partial charge in [0.15, 0.2) is 6.23 Å². The highest BCUT2D eigenvalue weighted by Crippen LogP contribution is 2.37. The van der Waals surface area contributed by atoms with Crippen molar-refractivity contribution in [1.29, 1.82) is 0 Å². The van der Waals surface area contributed by atoms with Crippen molar-refractivity contribution >= 4 is 6.03 Å². The summed E-state index contributed by atoms with van der Waals surface area (Å²) >= 11 is 0. The first kappa shape index (κ1) is 14.4. The molecular weight excluding hydrogens is 263 g/mol. The van der Waals surface area contributed by atoms with Gasteiger partial charge in [-0.15, -0.1) is 0 Å². The Labute approximate surface area is 108 Å². The summed E-state index contributed by atoms with van der Waals surface area (Å²) in [6, 6.07) is -0.728. The molecule has 4 N–H and O–H groups in total. The van der Waals surface area contributed by atoms with Gasteiger partial charge in [0.2, 0.25) is 0 Å². The standard InChI is InChI=1S/C10H17FN2O6/c1-18-10(11)7(16)5(4-14)19-8(10)13-3-2-6(15)12-9(13)17/h5-8,14-16H,2-4H2,1H3,(H,12,17)/t5-,6?,7-,8?,10-/m1/s1. The van der Waals surface area contributed by atoms with Crippen molar-refractivity contribution in [2.24, 2.45) is 0 Å². The van der Waals surface area contributed by atoms with E-state index < -0.39 is 43.2 Å². The number of ether oxygens (including phenoxy) is 2. The lowest BCUT2D eigenvalue weighted by atomic mass is 10.1. The molecule has 2 aliphatic heterocycles. The lowest BCUT2D eigenvalue weighted by Gasteiger charge is -2.38. The summed E-state index contributed by atoms with van der Waals surface area (Å²) in [5, 5.41) is 30.3. The number of aliphatic hydroxyl groups excluding tert-OH is 3. The lowest BCUT2D eigenvalue weighted by molar-refractivity contribution is -0.224. The van der Waals surface area contributed by atoms with Crippen LogP contribution in [-0.2, 0) is 9.47 Å². The van der Waals surface area contributed by atoms with E-state index in [9.17, 15) is 19.4 Å². The van der Waals surface area contributed by atoms with E-state index in [4.69, 9.17) is 9.84 Å². The Balaban J connectivity index is 2.20. The van der Waals surface area contributed by atoms with Gasteiger partial charge in [-0.3, -0.25) is 4.90 Å². The van der Waals surface area contributed by atoms with Crippen LogP contribution in [0.5, 0.6) is 0 Å². The molecule has 5 atom stereocenters. The summed E-state index contributed by atoms with van der Waals surface area (Å²) in [5.41, 5.74) is 0. The smallest absolute Gasteiger partial charge is 0.321 e. The fourth-order valence-corrected chi connectivity index (χ4v) is 2.27. The van der Waals surface area contributed by atoms with E-state index in [2.05, 4.69) is 10.1 Å². The number of amides is 2. The summed E-state index contributed by atoms with van der Waals surface area (Å²) in [6.45, 7) is -0.567. The fraction of sp³-hybridized carbons (Fsp3) is 0.900. The van der Waals surface area contributed by atoms with Crippen LogP contribution in [0.2, 0.25) is 0 Å². The van der Waals surface area contributed by atoms with Crippen molar-refractivity contribution < 1.29 is 34.0 Å². The van der Waals surface area contributed by atoms with Crippen molar-refractivity contribution in [3.8, 4) is 0 Å². The predicted octanol–water partition coefficient (Wildman–Crippen LogP) is -1.89. The summed E-state index contributed by atoms with van der Waals surface area (Å²) < 4.78 is 24.4. The van der Waals surface area contributed by atoms with Gasteiger partial charge in [0.05, 0.1) is 6.61 Å². The maximum Gasteiger partial charge on any atom is 0.321 e. The van der Waals surface area contributed by atoms with Gasteiger partial charge >= 0.3 is 6.03 Å². The van der Waals surface area contributed by atoms with Gasteiger partial charge in [-0.25, -0.2) is 9.18 Å². The molecule has 2 saturated heterocycles. The van der Waals surface area contributed by atoms with E-state index in [1.807, 2.05) is 0 Å². The van der Waals surface area contributed by atoms with Crippen molar-refractivity contribution in [1.82, 2.24) is 10.2 Å². The molecule has 2 amide bonds. The molecule has 8 nitrogen and oxygen atoms in total. The number of methoxy groups -OCH3 is 1. The number of rotatable bonds is 3. The van der Waals surface area contributed by atoms with Gasteiger partial charge in [0.25, 0.3) is 5.85 Å². The number of hydrogen-bond acceptors (Lipinski definition) is 6. The first-order valence-corrected chi connectivity index (χ1v) is 5.87. The van der Waals surface area contributed by atoms with Crippen molar-refractivity contribution in [3.05, 3.63) is 0 Å². The second-order valence-electron chi connectivity index (χ2n) is 4.50. The van der Waals surface area contributed by atoms with Gasteiger partial charge in [-0.05, 0) is 0 Å². The zero-order valence-electron chi connectivity index (χ0n) is 10.3. The summed E-state index contributed by atoms with van der Waals surface area (Å²) in [6.07, 6.45) is -5.20. The monoisotopic (exact) mass is 280 g/mol. The van der Waals surface area contributed by atoms with Gasteiger partial charge in [0.1, 0.15) is 18.4 Å². The summed E-state index contributed by atoms with van der Waals surface area (Å²) in [7, 11) is 1.04. The van der Waals surface area contributed by atoms with Crippen LogP contribution in [0.1, 0.15) is 6.42 Å². The molecule has 0 radical (unpaired) electrons. The highest BCUT2D eigenvalue weighted by Gasteiger charge is 2.61. The van der Waals surface area contributed by atoms with Crippen molar-refractivity contribution in [2.75, 3.05) is 20.3 Å². The van der Waals surface area contributed by atoms with Crippen LogP contribution in [0.4, 0.5) is 9.18 Å². The fourth-order valence-electron chi connectivity index (χ4n) is 2.27. The number of alkyl halides is 1. The number of nitrogens with one attached hydrogen (secondary N) is 1. The minimum absolute atomic E-state index is 0.0393. The third-order valence-corrected chi connectivity index (χ3v) is 3.37. The number of aliphatic hydroxyl groups is 3. The van der Waals surface area contributed by atoms with Crippen LogP contribution in [0.3, 0.4) is 0 Å². The molecule has 0 aromatic rings. The molecule has 0 spiro atoms. The second-order valence-corrected chi connectivity index (χ2v) is 4.50. The maximum atomic E-state index is 14.6. The molecule has 0 bridgehead atoms. The first-order chi connectivity index (χ1) is 8.93. The molecule has 0 aromatic carbocycles. The molecular formula is C10H17FN2O6. The number of carbonyl (C=O) groups excluding carboxylic acids is 1. The van der Waals surface area contributed by atoms with Crippen molar-refractivity contribution in [3.63, 3.8) is 0 Å². The molecule has 0 aliphatic carbocycles. The normalized spacial score (nSPS) is 43.4. The molecule has 2 rings (SSSR count). The minimum atomic E-state index is -2.63. The summed E-state index contributed by atoms with van der Waals surface area (Å²) in [4.78, 5) is 12.7. The molecule has 110 valence electrons. The average molecular weight is 280 g/mol. The van der Waals surface area contributed by atoms with Crippen LogP contribution in [0.15, 0.2) is 0 Å². The van der Waals surface area contributed by atoms with Crippen LogP contribution >= 0.6 is 0 Å². The van der Waals surface area contributed by atoms with Crippen molar-refractivity contribution in [2.45, 2.75) is 36.9 Å². The largest absolute Gasteiger partial charge is 0.394 e. The highest BCUT2D eigenvalue weighted by atomic mass is 19.2. The molecule has 0 saturated carbocycles. The lowest BCUT2D eigenvalue weighted by Crippen LogP contribution is -2.61. The van der Waals surface area contributed by atoms with Gasteiger partial charge in [0, 0.05) is 20.1 Å². The van der Waals surface area contributed by atoms with Crippen LogP contribution in [0, 0.1) is 0 Å². The van der Waals surface area contributed by atoms with Gasteiger partial charge in [-0.2, -0.15) is 0 Å². The molecule has 2 fully saturated rings. The van der Waals surface area contributed by atoms with E-state index in [1.165, 1.54) is 0 Å².